The second-order valence-corrected chi connectivity index (χ2v) is 4.70. The molecule has 3 N–H and O–H groups in total. The van der Waals surface area contributed by atoms with Crippen molar-refractivity contribution in [3.63, 3.8) is 0 Å². The number of carbonyl (C=O) groups excluding carboxylic acids is 1. The molecule has 0 aliphatic rings. The number of carboxylic acid groups (broad SMARTS) is 1. The minimum absolute atomic E-state index is 0.236. The van der Waals surface area contributed by atoms with Gasteiger partial charge in [0.05, 0.1) is 5.56 Å². The average Bonchev–Trinajstić information content (AvgIpc) is 2.38. The highest BCUT2D eigenvalue weighted by Crippen LogP contribution is 2.08. The first-order valence-electron chi connectivity index (χ1n) is 6.48. The Kier molecular flexibility index (Phi) is 6.52. The van der Waals surface area contributed by atoms with Gasteiger partial charge in [-0.05, 0) is 32.1 Å². The number of likely N-dealkylation sites (N-methyl/N-ethyl adjacent to an activating group) is 1. The summed E-state index contributed by atoms with van der Waals surface area (Å²) in [4.78, 5) is 24.5. The Morgan fingerprint density at radius 1 is 1.15 bits per heavy atom. The molecule has 110 valence electrons. The number of rotatable bonds is 7. The number of hydrogen-bond acceptors (Lipinski definition) is 3. The van der Waals surface area contributed by atoms with E-state index < -0.39 is 5.97 Å². The third kappa shape index (κ3) is 5.71. The van der Waals surface area contributed by atoms with E-state index in [1.54, 1.807) is 24.3 Å². The van der Waals surface area contributed by atoms with E-state index in [0.29, 0.717) is 25.1 Å². The lowest BCUT2D eigenvalue weighted by Crippen LogP contribution is -2.39. The molecular formula is C14H21N3O3. The van der Waals surface area contributed by atoms with Crippen molar-refractivity contribution in [1.82, 2.24) is 15.5 Å². The van der Waals surface area contributed by atoms with Crippen molar-refractivity contribution in [2.45, 2.75) is 6.42 Å². The third-order valence-corrected chi connectivity index (χ3v) is 2.77. The molecule has 0 heterocycles. The Labute approximate surface area is 118 Å². The number of nitrogens with zero attached hydrogens (tertiary/aromatic N) is 1. The van der Waals surface area contributed by atoms with Gasteiger partial charge in [0.15, 0.2) is 0 Å². The SMILES string of the molecule is CN(C)CCNC(=O)NCCc1ccccc1C(=O)O. The Hall–Kier alpha value is -2.08. The van der Waals surface area contributed by atoms with Crippen LogP contribution in [-0.4, -0.2) is 55.7 Å². The molecule has 0 saturated carbocycles. The third-order valence-electron chi connectivity index (χ3n) is 2.77. The van der Waals surface area contributed by atoms with Gasteiger partial charge in [-0.25, -0.2) is 9.59 Å². The van der Waals surface area contributed by atoms with E-state index in [4.69, 9.17) is 5.11 Å². The minimum Gasteiger partial charge on any atom is -0.478 e. The molecule has 0 bridgehead atoms. The Morgan fingerprint density at radius 2 is 1.80 bits per heavy atom. The fourth-order valence-corrected chi connectivity index (χ4v) is 1.71. The van der Waals surface area contributed by atoms with Crippen LogP contribution in [0.2, 0.25) is 0 Å². The van der Waals surface area contributed by atoms with Crippen molar-refractivity contribution in [2.75, 3.05) is 33.7 Å². The van der Waals surface area contributed by atoms with Gasteiger partial charge in [-0.3, -0.25) is 0 Å². The molecular weight excluding hydrogens is 258 g/mol. The predicted molar refractivity (Wildman–Crippen MR) is 77.1 cm³/mol. The first-order valence-corrected chi connectivity index (χ1v) is 6.48. The number of carbonyl (C=O) groups is 2. The number of nitrogens with one attached hydrogen (secondary N) is 2. The topological polar surface area (TPSA) is 81.7 Å². The summed E-state index contributed by atoms with van der Waals surface area (Å²) in [6.45, 7) is 1.75. The van der Waals surface area contributed by atoms with Crippen LogP contribution in [0.3, 0.4) is 0 Å². The van der Waals surface area contributed by atoms with Gasteiger partial charge in [0.1, 0.15) is 0 Å². The zero-order valence-corrected chi connectivity index (χ0v) is 11.8. The minimum atomic E-state index is -0.948. The summed E-state index contributed by atoms with van der Waals surface area (Å²) in [5, 5.41) is 14.5. The largest absolute Gasteiger partial charge is 0.478 e. The zero-order chi connectivity index (χ0) is 15.0. The van der Waals surface area contributed by atoms with Gasteiger partial charge in [0.25, 0.3) is 0 Å². The van der Waals surface area contributed by atoms with E-state index in [0.717, 1.165) is 6.54 Å². The second-order valence-electron chi connectivity index (χ2n) is 4.70. The Morgan fingerprint density at radius 3 is 2.45 bits per heavy atom. The molecule has 20 heavy (non-hydrogen) atoms. The standard InChI is InChI=1S/C14H21N3O3/c1-17(2)10-9-16-14(20)15-8-7-11-5-3-4-6-12(11)13(18)19/h3-6H,7-10H2,1-2H3,(H,18,19)(H2,15,16,20). The highest BCUT2D eigenvalue weighted by Gasteiger charge is 2.08. The van der Waals surface area contributed by atoms with Gasteiger partial charge >= 0.3 is 12.0 Å². The summed E-state index contributed by atoms with van der Waals surface area (Å²) in [7, 11) is 3.87. The van der Waals surface area contributed by atoms with Crippen molar-refractivity contribution >= 4 is 12.0 Å². The summed E-state index contributed by atoms with van der Waals surface area (Å²) in [5.74, 6) is -0.948. The van der Waals surface area contributed by atoms with Crippen LogP contribution >= 0.6 is 0 Å². The van der Waals surface area contributed by atoms with Crippen LogP contribution in [0.5, 0.6) is 0 Å². The van der Waals surface area contributed by atoms with Crippen molar-refractivity contribution in [1.29, 1.82) is 0 Å². The maximum Gasteiger partial charge on any atom is 0.335 e. The molecule has 2 amide bonds. The molecule has 0 saturated heterocycles. The van der Waals surface area contributed by atoms with E-state index in [-0.39, 0.29) is 11.6 Å². The lowest BCUT2D eigenvalue weighted by Gasteiger charge is -2.11. The molecule has 6 nitrogen and oxygen atoms in total. The molecule has 6 heteroatoms. The number of hydrogen-bond donors (Lipinski definition) is 3. The Bertz CT molecular complexity index is 461. The number of urea groups is 1. The van der Waals surface area contributed by atoms with Crippen molar-refractivity contribution in [3.8, 4) is 0 Å². The molecule has 1 aromatic rings. The molecule has 0 unspecified atom stereocenters. The smallest absolute Gasteiger partial charge is 0.335 e. The molecule has 0 spiro atoms. The molecule has 1 aromatic carbocycles. The average molecular weight is 279 g/mol. The summed E-state index contributed by atoms with van der Waals surface area (Å²) < 4.78 is 0. The van der Waals surface area contributed by atoms with Crippen molar-refractivity contribution in [2.24, 2.45) is 0 Å². The number of carboxylic acids is 1. The second kappa shape index (κ2) is 8.16. The lowest BCUT2D eigenvalue weighted by molar-refractivity contribution is 0.0695. The first-order chi connectivity index (χ1) is 9.50. The van der Waals surface area contributed by atoms with Crippen molar-refractivity contribution in [3.05, 3.63) is 35.4 Å². The van der Waals surface area contributed by atoms with E-state index in [2.05, 4.69) is 10.6 Å². The van der Waals surface area contributed by atoms with Gasteiger partial charge in [-0.2, -0.15) is 0 Å². The van der Waals surface area contributed by atoms with Gasteiger partial charge in [-0.1, -0.05) is 18.2 Å². The van der Waals surface area contributed by atoms with E-state index in [1.165, 1.54) is 0 Å². The van der Waals surface area contributed by atoms with Crippen LogP contribution in [0.25, 0.3) is 0 Å². The van der Waals surface area contributed by atoms with Crippen molar-refractivity contribution < 1.29 is 14.7 Å². The Balaban J connectivity index is 2.34. The van der Waals surface area contributed by atoms with Crippen LogP contribution < -0.4 is 10.6 Å². The summed E-state index contributed by atoms with van der Waals surface area (Å²) >= 11 is 0. The van der Waals surface area contributed by atoms with Gasteiger partial charge < -0.3 is 20.6 Å². The van der Waals surface area contributed by atoms with E-state index >= 15 is 0 Å². The maximum absolute atomic E-state index is 11.5. The number of amides is 2. The fourth-order valence-electron chi connectivity index (χ4n) is 1.71. The van der Waals surface area contributed by atoms with Crippen LogP contribution in [0.15, 0.2) is 24.3 Å². The number of aromatic carboxylic acids is 1. The molecule has 1 rings (SSSR count). The molecule has 0 aliphatic heterocycles. The highest BCUT2D eigenvalue weighted by atomic mass is 16.4. The number of benzene rings is 1. The van der Waals surface area contributed by atoms with E-state index in [1.807, 2.05) is 19.0 Å². The van der Waals surface area contributed by atoms with Crippen LogP contribution in [0.4, 0.5) is 4.79 Å². The summed E-state index contributed by atoms with van der Waals surface area (Å²) in [6.07, 6.45) is 0.490. The summed E-state index contributed by atoms with van der Waals surface area (Å²) in [5.41, 5.74) is 0.996. The zero-order valence-electron chi connectivity index (χ0n) is 11.8. The first kappa shape index (κ1) is 16.0. The predicted octanol–water partition coefficient (Wildman–Crippen LogP) is 0.788. The van der Waals surface area contributed by atoms with Gasteiger partial charge in [0.2, 0.25) is 0 Å². The summed E-state index contributed by atoms with van der Waals surface area (Å²) in [6, 6.07) is 6.57. The maximum atomic E-state index is 11.5. The normalized spacial score (nSPS) is 10.3. The molecule has 0 atom stereocenters. The van der Waals surface area contributed by atoms with Gasteiger partial charge in [-0.15, -0.1) is 0 Å². The monoisotopic (exact) mass is 279 g/mol. The highest BCUT2D eigenvalue weighted by molar-refractivity contribution is 5.89. The van der Waals surface area contributed by atoms with Crippen LogP contribution in [0, 0.1) is 0 Å². The van der Waals surface area contributed by atoms with Gasteiger partial charge in [0, 0.05) is 19.6 Å². The quantitative estimate of drug-likeness (QED) is 0.689. The molecule has 0 fully saturated rings. The molecule has 0 radical (unpaired) electrons. The van der Waals surface area contributed by atoms with Crippen LogP contribution in [0.1, 0.15) is 15.9 Å². The van der Waals surface area contributed by atoms with E-state index in [9.17, 15) is 9.59 Å². The fraction of sp³-hybridized carbons (Fsp3) is 0.429. The molecule has 0 aliphatic carbocycles. The lowest BCUT2D eigenvalue weighted by atomic mass is 10.0. The van der Waals surface area contributed by atoms with Crippen LogP contribution in [-0.2, 0) is 6.42 Å². The molecule has 0 aromatic heterocycles.